The molecule has 0 radical (unpaired) electrons. The standard InChI is InChI=1S/C17H20ClN3/c1-17(2)11-19-7-6-13(17)9-15-10-16(21-20-15)12-4-3-5-14(18)8-12/h3-5,8-10,19H,6-7,11H2,1-2H3,(H,20,21). The Morgan fingerprint density at radius 1 is 1.29 bits per heavy atom. The lowest BCUT2D eigenvalue weighted by Gasteiger charge is -2.33. The maximum absolute atomic E-state index is 6.04. The third kappa shape index (κ3) is 3.20. The lowest BCUT2D eigenvalue weighted by atomic mass is 9.79. The number of hydrogen-bond acceptors (Lipinski definition) is 2. The van der Waals surface area contributed by atoms with E-state index in [1.807, 2.05) is 24.3 Å². The van der Waals surface area contributed by atoms with Gasteiger partial charge in [0.15, 0.2) is 0 Å². The molecule has 0 saturated carbocycles. The highest BCUT2D eigenvalue weighted by molar-refractivity contribution is 6.30. The minimum absolute atomic E-state index is 0.194. The van der Waals surface area contributed by atoms with Crippen molar-refractivity contribution in [3.63, 3.8) is 0 Å². The Kier molecular flexibility index (Phi) is 3.87. The van der Waals surface area contributed by atoms with Crippen molar-refractivity contribution in [2.75, 3.05) is 13.1 Å². The van der Waals surface area contributed by atoms with E-state index in [-0.39, 0.29) is 5.41 Å². The van der Waals surface area contributed by atoms with E-state index >= 15 is 0 Å². The van der Waals surface area contributed by atoms with Crippen molar-refractivity contribution in [2.45, 2.75) is 20.3 Å². The fraction of sp³-hybridized carbons (Fsp3) is 0.353. The highest BCUT2D eigenvalue weighted by atomic mass is 35.5. The van der Waals surface area contributed by atoms with E-state index < -0.39 is 0 Å². The molecular formula is C17H20ClN3. The first-order chi connectivity index (χ1) is 10.0. The normalized spacial score (nSPS) is 19.9. The number of halogens is 1. The van der Waals surface area contributed by atoms with Crippen LogP contribution in [0.4, 0.5) is 0 Å². The average Bonchev–Trinajstić information content (AvgIpc) is 2.90. The molecule has 1 aliphatic heterocycles. The van der Waals surface area contributed by atoms with Gasteiger partial charge < -0.3 is 5.32 Å². The summed E-state index contributed by atoms with van der Waals surface area (Å²) in [4.78, 5) is 0. The average molecular weight is 302 g/mol. The summed E-state index contributed by atoms with van der Waals surface area (Å²) in [7, 11) is 0. The summed E-state index contributed by atoms with van der Waals surface area (Å²) >= 11 is 6.04. The van der Waals surface area contributed by atoms with Gasteiger partial charge in [-0.1, -0.05) is 43.2 Å². The zero-order valence-electron chi connectivity index (χ0n) is 12.4. The van der Waals surface area contributed by atoms with E-state index in [1.165, 1.54) is 5.57 Å². The molecule has 110 valence electrons. The first-order valence-corrected chi connectivity index (χ1v) is 7.65. The lowest BCUT2D eigenvalue weighted by molar-refractivity contribution is 0.360. The van der Waals surface area contributed by atoms with Crippen LogP contribution in [0.3, 0.4) is 0 Å². The predicted molar refractivity (Wildman–Crippen MR) is 88.3 cm³/mol. The minimum atomic E-state index is 0.194. The van der Waals surface area contributed by atoms with Gasteiger partial charge in [-0.15, -0.1) is 0 Å². The molecule has 2 N–H and O–H groups in total. The molecule has 1 aliphatic rings. The number of aromatic amines is 1. The van der Waals surface area contributed by atoms with Crippen molar-refractivity contribution in [3.8, 4) is 11.3 Å². The molecule has 1 fully saturated rings. The molecule has 0 spiro atoms. The molecule has 1 saturated heterocycles. The van der Waals surface area contributed by atoms with Crippen LogP contribution in [0.15, 0.2) is 35.9 Å². The smallest absolute Gasteiger partial charge is 0.0927 e. The van der Waals surface area contributed by atoms with E-state index in [4.69, 9.17) is 11.6 Å². The Balaban J connectivity index is 1.88. The number of H-pyrrole nitrogens is 1. The number of piperidine rings is 1. The van der Waals surface area contributed by atoms with Crippen LogP contribution in [-0.4, -0.2) is 23.3 Å². The van der Waals surface area contributed by atoms with Gasteiger partial charge in [0.05, 0.1) is 11.4 Å². The number of nitrogens with one attached hydrogen (secondary N) is 2. The van der Waals surface area contributed by atoms with Gasteiger partial charge in [-0.25, -0.2) is 0 Å². The maximum Gasteiger partial charge on any atom is 0.0927 e. The van der Waals surface area contributed by atoms with Crippen LogP contribution in [0.25, 0.3) is 17.3 Å². The van der Waals surface area contributed by atoms with Gasteiger partial charge in [0, 0.05) is 17.1 Å². The van der Waals surface area contributed by atoms with Gasteiger partial charge in [-0.05, 0) is 42.7 Å². The number of hydrogen-bond donors (Lipinski definition) is 2. The van der Waals surface area contributed by atoms with Gasteiger partial charge in [0.1, 0.15) is 0 Å². The second-order valence-corrected chi connectivity index (χ2v) is 6.64. The third-order valence-electron chi connectivity index (χ3n) is 4.06. The fourth-order valence-electron chi connectivity index (χ4n) is 2.74. The molecule has 0 amide bonds. The van der Waals surface area contributed by atoms with Crippen molar-refractivity contribution in [1.82, 2.24) is 15.5 Å². The van der Waals surface area contributed by atoms with E-state index in [0.29, 0.717) is 0 Å². The zero-order chi connectivity index (χ0) is 14.9. The monoisotopic (exact) mass is 301 g/mol. The van der Waals surface area contributed by atoms with Crippen LogP contribution in [0.5, 0.6) is 0 Å². The highest BCUT2D eigenvalue weighted by Crippen LogP contribution is 2.32. The van der Waals surface area contributed by atoms with Gasteiger partial charge in [0.2, 0.25) is 0 Å². The molecule has 1 aromatic heterocycles. The number of aromatic nitrogens is 2. The zero-order valence-corrected chi connectivity index (χ0v) is 13.2. The van der Waals surface area contributed by atoms with E-state index in [1.54, 1.807) is 0 Å². The van der Waals surface area contributed by atoms with Gasteiger partial charge >= 0.3 is 0 Å². The van der Waals surface area contributed by atoms with Crippen molar-refractivity contribution in [1.29, 1.82) is 0 Å². The van der Waals surface area contributed by atoms with Crippen molar-refractivity contribution in [2.24, 2.45) is 5.41 Å². The predicted octanol–water partition coefficient (Wildman–Crippen LogP) is 4.13. The molecule has 1 aromatic carbocycles. The van der Waals surface area contributed by atoms with Crippen molar-refractivity contribution >= 4 is 17.7 Å². The molecule has 0 unspecified atom stereocenters. The highest BCUT2D eigenvalue weighted by Gasteiger charge is 2.26. The second kappa shape index (κ2) is 5.66. The Morgan fingerprint density at radius 2 is 2.14 bits per heavy atom. The Hall–Kier alpha value is -1.58. The minimum Gasteiger partial charge on any atom is -0.316 e. The van der Waals surface area contributed by atoms with Crippen LogP contribution in [0.1, 0.15) is 26.0 Å². The van der Waals surface area contributed by atoms with Crippen molar-refractivity contribution < 1.29 is 0 Å². The number of rotatable bonds is 2. The molecule has 3 nitrogen and oxygen atoms in total. The summed E-state index contributed by atoms with van der Waals surface area (Å²) in [6, 6.07) is 9.85. The summed E-state index contributed by atoms with van der Waals surface area (Å²) in [6.45, 7) is 6.62. The number of benzene rings is 1. The quantitative estimate of drug-likeness (QED) is 0.875. The summed E-state index contributed by atoms with van der Waals surface area (Å²) < 4.78 is 0. The Bertz CT molecular complexity index is 670. The lowest BCUT2D eigenvalue weighted by Crippen LogP contribution is -2.37. The molecule has 21 heavy (non-hydrogen) atoms. The van der Waals surface area contributed by atoms with Gasteiger partial charge in [0.25, 0.3) is 0 Å². The van der Waals surface area contributed by atoms with E-state index in [0.717, 1.165) is 41.5 Å². The molecule has 0 atom stereocenters. The van der Waals surface area contributed by atoms with Crippen molar-refractivity contribution in [3.05, 3.63) is 46.6 Å². The summed E-state index contributed by atoms with van der Waals surface area (Å²) in [5.41, 5.74) is 4.67. The topological polar surface area (TPSA) is 40.7 Å². The molecule has 4 heteroatoms. The Labute approximate surface area is 130 Å². The van der Waals surface area contributed by atoms with Gasteiger partial charge in [-0.2, -0.15) is 5.10 Å². The summed E-state index contributed by atoms with van der Waals surface area (Å²) in [5.74, 6) is 0. The second-order valence-electron chi connectivity index (χ2n) is 6.20. The molecule has 2 heterocycles. The largest absolute Gasteiger partial charge is 0.316 e. The molecule has 3 rings (SSSR count). The fourth-order valence-corrected chi connectivity index (χ4v) is 2.93. The molecular weight excluding hydrogens is 282 g/mol. The molecule has 0 aliphatic carbocycles. The first kappa shape index (κ1) is 14.4. The van der Waals surface area contributed by atoms with E-state index in [2.05, 4.69) is 41.5 Å². The first-order valence-electron chi connectivity index (χ1n) is 7.28. The van der Waals surface area contributed by atoms with Crippen LogP contribution >= 0.6 is 11.6 Å². The van der Waals surface area contributed by atoms with Gasteiger partial charge in [-0.3, -0.25) is 5.10 Å². The maximum atomic E-state index is 6.04. The molecule has 2 aromatic rings. The van der Waals surface area contributed by atoms with Crippen LogP contribution in [0, 0.1) is 5.41 Å². The van der Waals surface area contributed by atoms with Crippen LogP contribution < -0.4 is 5.32 Å². The third-order valence-corrected chi connectivity index (χ3v) is 4.29. The van der Waals surface area contributed by atoms with Crippen LogP contribution in [0.2, 0.25) is 5.02 Å². The van der Waals surface area contributed by atoms with Crippen LogP contribution in [-0.2, 0) is 0 Å². The summed E-state index contributed by atoms with van der Waals surface area (Å²) in [5, 5.41) is 11.7. The number of nitrogens with zero attached hydrogens (tertiary/aromatic N) is 1. The van der Waals surface area contributed by atoms with E-state index in [9.17, 15) is 0 Å². The SMILES string of the molecule is CC1(C)CNCCC1=Cc1cc(-c2cccc(Cl)c2)n[nH]1. The summed E-state index contributed by atoms with van der Waals surface area (Å²) in [6.07, 6.45) is 3.32. The molecule has 0 bridgehead atoms. The Morgan fingerprint density at radius 3 is 2.90 bits per heavy atom.